The molecule has 1 N–H and O–H groups in total. The maximum absolute atomic E-state index is 13.6. The number of carbonyl (C=O) groups is 1. The summed E-state index contributed by atoms with van der Waals surface area (Å²) in [6.45, 7) is 0.776. The number of hydrogen-bond acceptors (Lipinski definition) is 5. The molecule has 0 aliphatic carbocycles. The van der Waals surface area contributed by atoms with Crippen molar-refractivity contribution in [2.75, 3.05) is 20.8 Å². The van der Waals surface area contributed by atoms with Crippen LogP contribution in [-0.2, 0) is 24.2 Å². The lowest BCUT2D eigenvalue weighted by molar-refractivity contribution is 0.199. The van der Waals surface area contributed by atoms with E-state index in [0.717, 1.165) is 0 Å². The van der Waals surface area contributed by atoms with Crippen molar-refractivity contribution in [3.05, 3.63) is 47.4 Å². The molecule has 2 amide bonds. The topological polar surface area (TPSA) is 80.5 Å². The van der Waals surface area contributed by atoms with E-state index in [0.29, 0.717) is 30.3 Å². The van der Waals surface area contributed by atoms with E-state index in [1.54, 1.807) is 32.4 Å². The first-order valence-electron chi connectivity index (χ1n) is 7.13. The molecule has 0 radical (unpaired) electrons. The molecule has 0 atom stereocenters. The maximum Gasteiger partial charge on any atom is 0.317 e. The van der Waals surface area contributed by atoms with Crippen LogP contribution in [0.1, 0.15) is 17.3 Å². The highest BCUT2D eigenvalue weighted by atomic mass is 19.1. The van der Waals surface area contributed by atoms with Crippen molar-refractivity contribution in [2.24, 2.45) is 0 Å². The zero-order valence-electron chi connectivity index (χ0n) is 13.1. The number of urea groups is 1. The first-order valence-corrected chi connectivity index (χ1v) is 7.13. The standard InChI is InChI=1S/C15H19FN4O3/c1-20(10-11-5-3-4-6-12(11)16)15(21)17-9-14-18-13(19-23-14)7-8-22-2/h3-6H,7-10H2,1-2H3,(H,17,21). The number of carbonyl (C=O) groups excluding carboxylic acids is 1. The third-order valence-electron chi connectivity index (χ3n) is 3.14. The predicted molar refractivity (Wildman–Crippen MR) is 80.0 cm³/mol. The Balaban J connectivity index is 1.82. The fourth-order valence-corrected chi connectivity index (χ4v) is 1.90. The summed E-state index contributed by atoms with van der Waals surface area (Å²) >= 11 is 0. The Labute approximate surface area is 133 Å². The molecule has 2 aromatic rings. The second-order valence-electron chi connectivity index (χ2n) is 4.95. The molecular weight excluding hydrogens is 303 g/mol. The summed E-state index contributed by atoms with van der Waals surface area (Å²) < 4.78 is 23.5. The van der Waals surface area contributed by atoms with Crippen LogP contribution in [0.2, 0.25) is 0 Å². The summed E-state index contributed by atoms with van der Waals surface area (Å²) in [4.78, 5) is 17.5. The van der Waals surface area contributed by atoms with Gasteiger partial charge in [-0.25, -0.2) is 9.18 Å². The van der Waals surface area contributed by atoms with E-state index < -0.39 is 0 Å². The van der Waals surface area contributed by atoms with Crippen molar-refractivity contribution in [1.29, 1.82) is 0 Å². The van der Waals surface area contributed by atoms with Crippen LogP contribution in [0.3, 0.4) is 0 Å². The maximum atomic E-state index is 13.6. The molecule has 0 saturated carbocycles. The molecule has 1 aromatic carbocycles. The van der Waals surface area contributed by atoms with Crippen LogP contribution in [-0.4, -0.2) is 41.8 Å². The molecule has 1 aromatic heterocycles. The Hall–Kier alpha value is -2.48. The number of benzene rings is 1. The minimum absolute atomic E-state index is 0.112. The number of nitrogens with one attached hydrogen (secondary N) is 1. The molecule has 0 unspecified atom stereocenters. The summed E-state index contributed by atoms with van der Waals surface area (Å²) in [5.74, 6) is 0.492. The summed E-state index contributed by atoms with van der Waals surface area (Å²) in [5, 5.41) is 6.42. The number of rotatable bonds is 7. The second-order valence-corrected chi connectivity index (χ2v) is 4.95. The van der Waals surface area contributed by atoms with Gasteiger partial charge in [-0.3, -0.25) is 0 Å². The Morgan fingerprint density at radius 2 is 2.22 bits per heavy atom. The third-order valence-corrected chi connectivity index (χ3v) is 3.14. The van der Waals surface area contributed by atoms with Gasteiger partial charge in [-0.1, -0.05) is 23.4 Å². The third kappa shape index (κ3) is 5.03. The van der Waals surface area contributed by atoms with Gasteiger partial charge in [-0.05, 0) is 6.07 Å². The van der Waals surface area contributed by atoms with Gasteiger partial charge in [-0.15, -0.1) is 0 Å². The first kappa shape index (κ1) is 16.9. The highest BCUT2D eigenvalue weighted by Crippen LogP contribution is 2.09. The molecule has 0 spiro atoms. The fourth-order valence-electron chi connectivity index (χ4n) is 1.90. The van der Waals surface area contributed by atoms with Crippen LogP contribution in [0.5, 0.6) is 0 Å². The lowest BCUT2D eigenvalue weighted by Crippen LogP contribution is -2.36. The van der Waals surface area contributed by atoms with Crippen LogP contribution >= 0.6 is 0 Å². The van der Waals surface area contributed by atoms with Gasteiger partial charge in [0.05, 0.1) is 13.2 Å². The molecule has 124 valence electrons. The molecular formula is C15H19FN4O3. The van der Waals surface area contributed by atoms with Crippen molar-refractivity contribution in [2.45, 2.75) is 19.5 Å². The summed E-state index contributed by atoms with van der Waals surface area (Å²) in [5.41, 5.74) is 0.449. The Bertz CT molecular complexity index is 647. The molecule has 23 heavy (non-hydrogen) atoms. The minimum Gasteiger partial charge on any atom is -0.384 e. The molecule has 0 fully saturated rings. The monoisotopic (exact) mass is 322 g/mol. The summed E-state index contributed by atoms with van der Waals surface area (Å²) in [6.07, 6.45) is 0.543. The zero-order chi connectivity index (χ0) is 16.7. The van der Waals surface area contributed by atoms with Gasteiger partial charge in [0.1, 0.15) is 5.82 Å². The molecule has 2 rings (SSSR count). The summed E-state index contributed by atoms with van der Waals surface area (Å²) in [6, 6.07) is 5.98. The normalized spacial score (nSPS) is 10.6. The quantitative estimate of drug-likeness (QED) is 0.840. The van der Waals surface area contributed by atoms with E-state index in [-0.39, 0.29) is 24.9 Å². The molecule has 8 heteroatoms. The van der Waals surface area contributed by atoms with Gasteiger partial charge in [0.2, 0.25) is 5.89 Å². The number of aromatic nitrogens is 2. The van der Waals surface area contributed by atoms with Gasteiger partial charge < -0.3 is 19.5 Å². The minimum atomic E-state index is -0.357. The van der Waals surface area contributed by atoms with E-state index in [9.17, 15) is 9.18 Å². The highest BCUT2D eigenvalue weighted by molar-refractivity contribution is 5.73. The average molecular weight is 322 g/mol. The SMILES string of the molecule is COCCc1noc(CNC(=O)N(C)Cc2ccccc2F)n1. The van der Waals surface area contributed by atoms with Crippen LogP contribution in [0.25, 0.3) is 0 Å². The lowest BCUT2D eigenvalue weighted by Gasteiger charge is -2.17. The first-order chi connectivity index (χ1) is 11.1. The molecule has 1 heterocycles. The van der Waals surface area contributed by atoms with Crippen molar-refractivity contribution in [3.8, 4) is 0 Å². The van der Waals surface area contributed by atoms with Crippen LogP contribution < -0.4 is 5.32 Å². The smallest absolute Gasteiger partial charge is 0.317 e. The zero-order valence-corrected chi connectivity index (χ0v) is 13.1. The molecule has 0 saturated heterocycles. The van der Waals surface area contributed by atoms with Gasteiger partial charge >= 0.3 is 6.03 Å². The van der Waals surface area contributed by atoms with E-state index in [2.05, 4.69) is 15.5 Å². The van der Waals surface area contributed by atoms with Crippen LogP contribution in [0.4, 0.5) is 9.18 Å². The Morgan fingerprint density at radius 1 is 1.43 bits per heavy atom. The van der Waals surface area contributed by atoms with Gasteiger partial charge in [-0.2, -0.15) is 4.98 Å². The number of hydrogen-bond donors (Lipinski definition) is 1. The second kappa shape index (κ2) is 8.23. The lowest BCUT2D eigenvalue weighted by atomic mass is 10.2. The predicted octanol–water partition coefficient (Wildman–Crippen LogP) is 1.74. The van der Waals surface area contributed by atoms with Crippen molar-refractivity contribution >= 4 is 6.03 Å². The van der Waals surface area contributed by atoms with Crippen molar-refractivity contribution < 1.29 is 18.4 Å². The summed E-state index contributed by atoms with van der Waals surface area (Å²) in [7, 11) is 3.17. The molecule has 0 aliphatic heterocycles. The van der Waals surface area contributed by atoms with E-state index in [4.69, 9.17) is 9.26 Å². The average Bonchev–Trinajstić information content (AvgIpc) is 3.00. The van der Waals surface area contributed by atoms with E-state index >= 15 is 0 Å². The van der Waals surface area contributed by atoms with Crippen molar-refractivity contribution in [3.63, 3.8) is 0 Å². The number of halogens is 1. The Morgan fingerprint density at radius 3 is 2.96 bits per heavy atom. The highest BCUT2D eigenvalue weighted by Gasteiger charge is 2.13. The van der Waals surface area contributed by atoms with Crippen LogP contribution in [0.15, 0.2) is 28.8 Å². The molecule has 7 nitrogen and oxygen atoms in total. The van der Waals surface area contributed by atoms with Crippen molar-refractivity contribution in [1.82, 2.24) is 20.4 Å². The van der Waals surface area contributed by atoms with Gasteiger partial charge in [0.15, 0.2) is 5.82 Å². The number of ether oxygens (including phenoxy) is 1. The number of methoxy groups -OCH3 is 1. The number of nitrogens with zero attached hydrogens (tertiary/aromatic N) is 3. The fraction of sp³-hybridized carbons (Fsp3) is 0.400. The number of amides is 2. The van der Waals surface area contributed by atoms with E-state index in [1.165, 1.54) is 11.0 Å². The Kier molecular flexibility index (Phi) is 6.04. The van der Waals surface area contributed by atoms with E-state index in [1.807, 2.05) is 0 Å². The van der Waals surface area contributed by atoms with Gasteiger partial charge in [0, 0.05) is 32.7 Å². The molecule has 0 aliphatic rings. The van der Waals surface area contributed by atoms with Gasteiger partial charge in [0.25, 0.3) is 0 Å². The largest absolute Gasteiger partial charge is 0.384 e. The molecule has 0 bridgehead atoms. The van der Waals surface area contributed by atoms with Crippen LogP contribution in [0, 0.1) is 5.82 Å².